The van der Waals surface area contributed by atoms with Crippen LogP contribution in [0.4, 0.5) is 4.79 Å². The molecule has 1 aliphatic heterocycles. The first-order valence-corrected chi connectivity index (χ1v) is 8.81. The van der Waals surface area contributed by atoms with Gasteiger partial charge in [0, 0.05) is 12.6 Å². The van der Waals surface area contributed by atoms with Crippen LogP contribution in [-0.2, 0) is 4.79 Å². The largest absolute Gasteiger partial charge is 0.480 e. The molecule has 2 unspecified atom stereocenters. The van der Waals surface area contributed by atoms with Gasteiger partial charge in [0.05, 0.1) is 0 Å². The molecule has 5 nitrogen and oxygen atoms in total. The van der Waals surface area contributed by atoms with Crippen LogP contribution in [0.1, 0.15) is 38.5 Å². The van der Waals surface area contributed by atoms with Gasteiger partial charge in [0.25, 0.3) is 0 Å². The summed E-state index contributed by atoms with van der Waals surface area (Å²) in [5, 5.41) is 11.9. The molecule has 1 saturated heterocycles. The molecular weight excluding hydrogens is 276 g/mol. The van der Waals surface area contributed by atoms with Gasteiger partial charge >= 0.3 is 12.0 Å². The number of fused-ring (bicyclic) bond motifs is 1. The minimum Gasteiger partial charge on any atom is -0.480 e. The van der Waals surface area contributed by atoms with Crippen molar-refractivity contribution >= 4 is 23.8 Å². The molecule has 0 bridgehead atoms. The highest BCUT2D eigenvalue weighted by Crippen LogP contribution is 2.36. The summed E-state index contributed by atoms with van der Waals surface area (Å²) in [5.74, 6) is 0.430. The molecule has 0 radical (unpaired) electrons. The summed E-state index contributed by atoms with van der Waals surface area (Å²) in [7, 11) is 0. The van der Waals surface area contributed by atoms with Crippen molar-refractivity contribution in [3.63, 3.8) is 0 Å². The molecule has 2 aliphatic rings. The predicted octanol–water partition coefficient (Wildman–Crippen LogP) is 2.17. The summed E-state index contributed by atoms with van der Waals surface area (Å²) in [6, 6.07) is -0.620. The van der Waals surface area contributed by atoms with E-state index in [1.807, 2.05) is 11.2 Å². The molecule has 20 heavy (non-hydrogen) atoms. The molecule has 2 amide bonds. The van der Waals surface area contributed by atoms with Gasteiger partial charge in [0.1, 0.15) is 6.04 Å². The maximum absolute atomic E-state index is 12.4. The second-order valence-corrected chi connectivity index (χ2v) is 6.70. The smallest absolute Gasteiger partial charge is 0.326 e. The number of piperidine rings is 1. The predicted molar refractivity (Wildman–Crippen MR) is 80.0 cm³/mol. The third-order valence-corrected chi connectivity index (χ3v) is 5.10. The molecule has 0 aromatic carbocycles. The van der Waals surface area contributed by atoms with Crippen molar-refractivity contribution in [1.82, 2.24) is 10.2 Å². The lowest BCUT2D eigenvalue weighted by atomic mass is 9.92. The molecule has 114 valence electrons. The number of rotatable bonds is 5. The van der Waals surface area contributed by atoms with E-state index < -0.39 is 12.0 Å². The van der Waals surface area contributed by atoms with Crippen LogP contribution in [0.15, 0.2) is 0 Å². The molecule has 3 atom stereocenters. The molecule has 2 N–H and O–H groups in total. The number of carboxylic acid groups (broad SMARTS) is 1. The summed E-state index contributed by atoms with van der Waals surface area (Å²) in [4.78, 5) is 25.5. The first-order chi connectivity index (χ1) is 9.63. The van der Waals surface area contributed by atoms with Crippen molar-refractivity contribution < 1.29 is 14.7 Å². The van der Waals surface area contributed by atoms with Gasteiger partial charge in [-0.05, 0) is 50.0 Å². The zero-order valence-electron chi connectivity index (χ0n) is 12.0. The number of nitrogens with zero attached hydrogens (tertiary/aromatic N) is 1. The Morgan fingerprint density at radius 3 is 2.80 bits per heavy atom. The Bertz CT molecular complexity index is 364. The number of nitrogens with one attached hydrogen (secondary N) is 1. The van der Waals surface area contributed by atoms with Crippen LogP contribution in [0.5, 0.6) is 0 Å². The van der Waals surface area contributed by atoms with E-state index in [0.717, 1.165) is 25.1 Å². The molecule has 0 spiro atoms. The fraction of sp³-hybridized carbons (Fsp3) is 0.857. The molecule has 2 fully saturated rings. The number of hydrogen-bond donors (Lipinski definition) is 2. The molecule has 0 aromatic heterocycles. The van der Waals surface area contributed by atoms with Gasteiger partial charge in [-0.2, -0.15) is 11.8 Å². The Morgan fingerprint density at radius 1 is 1.35 bits per heavy atom. The zero-order chi connectivity index (χ0) is 14.5. The second-order valence-electron chi connectivity index (χ2n) is 5.72. The molecule has 0 aromatic rings. The average molecular weight is 300 g/mol. The van der Waals surface area contributed by atoms with Gasteiger partial charge in [0.2, 0.25) is 0 Å². The van der Waals surface area contributed by atoms with Crippen LogP contribution in [0.25, 0.3) is 0 Å². The Morgan fingerprint density at radius 2 is 2.10 bits per heavy atom. The Labute approximate surface area is 124 Å². The number of carbonyl (C=O) groups excluding carboxylic acids is 1. The van der Waals surface area contributed by atoms with Crippen molar-refractivity contribution in [2.75, 3.05) is 18.6 Å². The number of aliphatic carboxylic acids is 1. The van der Waals surface area contributed by atoms with Crippen LogP contribution < -0.4 is 5.32 Å². The normalized spacial score (nSPS) is 26.9. The van der Waals surface area contributed by atoms with Crippen molar-refractivity contribution in [3.05, 3.63) is 0 Å². The third kappa shape index (κ3) is 3.59. The average Bonchev–Trinajstić information content (AvgIpc) is 2.90. The van der Waals surface area contributed by atoms with Gasteiger partial charge in [0.15, 0.2) is 0 Å². The monoisotopic (exact) mass is 300 g/mol. The minimum atomic E-state index is -0.938. The van der Waals surface area contributed by atoms with E-state index in [4.69, 9.17) is 0 Å². The number of hydrogen-bond acceptors (Lipinski definition) is 3. The van der Waals surface area contributed by atoms with Gasteiger partial charge in [-0.25, -0.2) is 9.59 Å². The van der Waals surface area contributed by atoms with Crippen LogP contribution >= 0.6 is 11.8 Å². The fourth-order valence-electron chi connectivity index (χ4n) is 3.43. The Balaban J connectivity index is 1.93. The SMILES string of the molecule is CSCC[C@@H](NC(=O)N1CCCC2CCCC21)C(=O)O. The summed E-state index contributed by atoms with van der Waals surface area (Å²) in [6.07, 6.45) is 8.14. The highest BCUT2D eigenvalue weighted by atomic mass is 32.2. The lowest BCUT2D eigenvalue weighted by Gasteiger charge is -2.38. The van der Waals surface area contributed by atoms with Crippen LogP contribution in [0.3, 0.4) is 0 Å². The number of amides is 2. The zero-order valence-corrected chi connectivity index (χ0v) is 12.8. The molecule has 1 saturated carbocycles. The number of likely N-dealkylation sites (tertiary alicyclic amines) is 1. The molecule has 6 heteroatoms. The lowest BCUT2D eigenvalue weighted by molar-refractivity contribution is -0.139. The van der Waals surface area contributed by atoms with Crippen LogP contribution in [0.2, 0.25) is 0 Å². The van der Waals surface area contributed by atoms with E-state index in [9.17, 15) is 14.7 Å². The number of carbonyl (C=O) groups is 2. The first-order valence-electron chi connectivity index (χ1n) is 7.42. The van der Waals surface area contributed by atoms with Gasteiger partial charge < -0.3 is 15.3 Å². The van der Waals surface area contributed by atoms with Crippen molar-refractivity contribution in [3.8, 4) is 0 Å². The quantitative estimate of drug-likeness (QED) is 0.816. The molecular formula is C14H24N2O3S. The Hall–Kier alpha value is -0.910. The number of carboxylic acids is 1. The summed E-state index contributed by atoms with van der Waals surface area (Å²) in [6.45, 7) is 0.766. The topological polar surface area (TPSA) is 69.6 Å². The standard InChI is InChI=1S/C14H24N2O3S/c1-20-9-7-11(13(17)18)15-14(19)16-8-3-5-10-4-2-6-12(10)16/h10-12H,2-9H2,1H3,(H,15,19)(H,17,18)/t10?,11-,12?/m1/s1. The maximum atomic E-state index is 12.4. The minimum absolute atomic E-state index is 0.185. The summed E-state index contributed by atoms with van der Waals surface area (Å²) < 4.78 is 0. The molecule has 1 heterocycles. The third-order valence-electron chi connectivity index (χ3n) is 4.46. The van der Waals surface area contributed by atoms with E-state index in [-0.39, 0.29) is 6.03 Å². The van der Waals surface area contributed by atoms with Crippen LogP contribution in [-0.4, -0.2) is 52.6 Å². The Kier molecular flexibility index (Phi) is 5.57. The summed E-state index contributed by atoms with van der Waals surface area (Å²) >= 11 is 1.60. The lowest BCUT2D eigenvalue weighted by Crippen LogP contribution is -2.54. The second kappa shape index (κ2) is 7.20. The first kappa shape index (κ1) is 15.5. The number of urea groups is 1. The van der Waals surface area contributed by atoms with E-state index in [0.29, 0.717) is 18.4 Å². The van der Waals surface area contributed by atoms with E-state index in [2.05, 4.69) is 5.32 Å². The van der Waals surface area contributed by atoms with Crippen molar-refractivity contribution in [2.45, 2.75) is 50.6 Å². The molecule has 1 aliphatic carbocycles. The van der Waals surface area contributed by atoms with E-state index in [1.165, 1.54) is 19.3 Å². The summed E-state index contributed by atoms with van der Waals surface area (Å²) in [5.41, 5.74) is 0. The van der Waals surface area contributed by atoms with Crippen LogP contribution in [0, 0.1) is 5.92 Å². The maximum Gasteiger partial charge on any atom is 0.326 e. The fourth-order valence-corrected chi connectivity index (χ4v) is 3.90. The van der Waals surface area contributed by atoms with E-state index >= 15 is 0 Å². The van der Waals surface area contributed by atoms with Crippen molar-refractivity contribution in [2.24, 2.45) is 5.92 Å². The molecule has 2 rings (SSSR count). The van der Waals surface area contributed by atoms with Gasteiger partial charge in [-0.1, -0.05) is 6.42 Å². The van der Waals surface area contributed by atoms with Gasteiger partial charge in [-0.3, -0.25) is 0 Å². The highest BCUT2D eigenvalue weighted by Gasteiger charge is 2.38. The number of thioether (sulfide) groups is 1. The van der Waals surface area contributed by atoms with Crippen molar-refractivity contribution in [1.29, 1.82) is 0 Å². The van der Waals surface area contributed by atoms with Gasteiger partial charge in [-0.15, -0.1) is 0 Å². The van der Waals surface area contributed by atoms with E-state index in [1.54, 1.807) is 11.8 Å². The highest BCUT2D eigenvalue weighted by molar-refractivity contribution is 7.98.